The van der Waals surface area contributed by atoms with E-state index in [1.807, 2.05) is 0 Å². The Balaban J connectivity index is 1.66. The lowest BCUT2D eigenvalue weighted by molar-refractivity contribution is -0.143. The van der Waals surface area contributed by atoms with Crippen molar-refractivity contribution in [1.29, 1.82) is 0 Å². The number of hydrazone groups is 1. The van der Waals surface area contributed by atoms with Crippen molar-refractivity contribution in [3.8, 4) is 0 Å². The molecule has 1 N–H and O–H groups in total. The molecule has 0 aliphatic heterocycles. The molecule has 0 saturated carbocycles. The number of fused-ring (bicyclic) bond motifs is 1. The summed E-state index contributed by atoms with van der Waals surface area (Å²) in [5, 5.41) is 4.21. The Morgan fingerprint density at radius 1 is 0.824 bits per heavy atom. The molecular formula is C23H13F8N3. The predicted molar refractivity (Wildman–Crippen MR) is 110 cm³/mol. The lowest BCUT2D eigenvalue weighted by Gasteiger charge is -2.13. The monoisotopic (exact) mass is 483 g/mol. The van der Waals surface area contributed by atoms with Gasteiger partial charge in [-0.1, -0.05) is 30.3 Å². The average Bonchev–Trinajstić information content (AvgIpc) is 3.13. The minimum atomic E-state index is -5.63. The van der Waals surface area contributed by atoms with E-state index in [1.165, 1.54) is 12.1 Å². The van der Waals surface area contributed by atoms with Gasteiger partial charge < -0.3 is 4.57 Å². The Kier molecular flexibility index (Phi) is 6.03. The van der Waals surface area contributed by atoms with E-state index in [1.54, 1.807) is 52.6 Å². The fraction of sp³-hybridized carbons (Fsp3) is 0.0870. The van der Waals surface area contributed by atoms with Crippen molar-refractivity contribution < 1.29 is 35.1 Å². The second kappa shape index (κ2) is 8.81. The average molecular weight is 483 g/mol. The highest BCUT2D eigenvalue weighted by atomic mass is 19.4. The third-order valence-electron chi connectivity index (χ3n) is 5.01. The summed E-state index contributed by atoms with van der Waals surface area (Å²) in [6.07, 6.45) is -2.92. The topological polar surface area (TPSA) is 29.3 Å². The summed E-state index contributed by atoms with van der Waals surface area (Å²) in [5.41, 5.74) is -0.486. The molecule has 0 unspecified atom stereocenters. The minimum absolute atomic E-state index is 0.348. The van der Waals surface area contributed by atoms with Gasteiger partial charge >= 0.3 is 6.18 Å². The molecule has 11 heteroatoms. The quantitative estimate of drug-likeness (QED) is 0.143. The maximum atomic E-state index is 14.0. The summed E-state index contributed by atoms with van der Waals surface area (Å²) in [4.78, 5) is 0. The third-order valence-corrected chi connectivity index (χ3v) is 5.01. The number of benzene rings is 3. The second-order valence-electron chi connectivity index (χ2n) is 7.23. The molecule has 0 saturated heterocycles. The Hall–Kier alpha value is -3.89. The molecule has 0 amide bonds. The number of nitrogens with one attached hydrogen (secondary N) is 1. The van der Waals surface area contributed by atoms with Crippen LogP contribution in [0, 0.1) is 29.1 Å². The van der Waals surface area contributed by atoms with Crippen LogP contribution in [0.25, 0.3) is 10.9 Å². The lowest BCUT2D eigenvalue weighted by Crippen LogP contribution is -2.16. The molecule has 0 fully saturated rings. The molecule has 3 aromatic carbocycles. The highest BCUT2D eigenvalue weighted by molar-refractivity contribution is 5.99. The smallest absolute Gasteiger partial charge is 0.342 e. The molecule has 0 aliphatic carbocycles. The SMILES string of the molecule is Fc1ccc(Cn2cc(C=NNc3c(F)c(F)c(C(F)(F)F)c(F)c3F)c3ccccc32)cc1. The van der Waals surface area contributed by atoms with Gasteiger partial charge in [-0.25, -0.2) is 22.0 Å². The first-order valence-corrected chi connectivity index (χ1v) is 9.62. The van der Waals surface area contributed by atoms with Gasteiger partial charge in [0.2, 0.25) is 0 Å². The maximum absolute atomic E-state index is 14.0. The molecule has 0 radical (unpaired) electrons. The molecule has 4 rings (SSSR count). The minimum Gasteiger partial charge on any atom is -0.342 e. The van der Waals surface area contributed by atoms with Crippen LogP contribution in [0.15, 0.2) is 59.8 Å². The number of hydrogen-bond acceptors (Lipinski definition) is 2. The summed E-state index contributed by atoms with van der Waals surface area (Å²) in [6.45, 7) is 0.348. The molecule has 1 aromatic heterocycles. The van der Waals surface area contributed by atoms with E-state index < -0.39 is 46.5 Å². The van der Waals surface area contributed by atoms with Crippen molar-refractivity contribution in [1.82, 2.24) is 4.57 Å². The molecule has 3 nitrogen and oxygen atoms in total. The van der Waals surface area contributed by atoms with Crippen LogP contribution in [0.4, 0.5) is 40.8 Å². The van der Waals surface area contributed by atoms with E-state index in [0.717, 1.165) is 17.3 Å². The number of anilines is 1. The van der Waals surface area contributed by atoms with E-state index in [9.17, 15) is 35.1 Å². The Morgan fingerprint density at radius 2 is 1.44 bits per heavy atom. The van der Waals surface area contributed by atoms with Crippen molar-refractivity contribution in [3.63, 3.8) is 0 Å². The van der Waals surface area contributed by atoms with Crippen LogP contribution in [0.5, 0.6) is 0 Å². The molecule has 0 spiro atoms. The maximum Gasteiger partial charge on any atom is 0.422 e. The molecule has 0 bridgehead atoms. The van der Waals surface area contributed by atoms with Crippen molar-refractivity contribution in [2.45, 2.75) is 12.7 Å². The molecule has 0 atom stereocenters. The van der Waals surface area contributed by atoms with Crippen LogP contribution in [-0.2, 0) is 12.7 Å². The third kappa shape index (κ3) is 4.33. The Labute approximate surface area is 186 Å². The standard InChI is InChI=1S/C23H13F8N3/c24-14-7-5-12(6-8-14)10-34-11-13(15-3-1-2-4-16(15)34)9-32-33-22-20(27)18(25)17(23(29,30)31)19(26)21(22)28/h1-9,11,33H,10H2. The zero-order chi connectivity index (χ0) is 24.6. The first-order valence-electron chi connectivity index (χ1n) is 9.62. The highest BCUT2D eigenvalue weighted by Crippen LogP contribution is 2.38. The molecule has 34 heavy (non-hydrogen) atoms. The number of rotatable bonds is 5. The van der Waals surface area contributed by atoms with E-state index in [-0.39, 0.29) is 0 Å². The molecule has 176 valence electrons. The van der Waals surface area contributed by atoms with Crippen LogP contribution < -0.4 is 5.43 Å². The van der Waals surface area contributed by atoms with E-state index in [0.29, 0.717) is 17.5 Å². The fourth-order valence-electron chi connectivity index (χ4n) is 3.44. The molecule has 0 aliphatic rings. The molecule has 4 aromatic rings. The number of para-hydroxylation sites is 1. The van der Waals surface area contributed by atoms with Crippen LogP contribution >= 0.6 is 0 Å². The zero-order valence-electron chi connectivity index (χ0n) is 16.9. The van der Waals surface area contributed by atoms with Gasteiger partial charge in [-0.3, -0.25) is 5.43 Å². The first kappa shape index (κ1) is 23.3. The van der Waals surface area contributed by atoms with Crippen molar-refractivity contribution in [2.24, 2.45) is 5.10 Å². The van der Waals surface area contributed by atoms with E-state index >= 15 is 0 Å². The normalized spacial score (nSPS) is 12.1. The van der Waals surface area contributed by atoms with Crippen molar-refractivity contribution in [3.05, 3.63) is 101 Å². The highest BCUT2D eigenvalue weighted by Gasteiger charge is 2.42. The largest absolute Gasteiger partial charge is 0.422 e. The Bertz CT molecular complexity index is 1360. The zero-order valence-corrected chi connectivity index (χ0v) is 16.9. The van der Waals surface area contributed by atoms with E-state index in [2.05, 4.69) is 5.10 Å². The van der Waals surface area contributed by atoms with Gasteiger partial charge in [0.05, 0.1) is 6.21 Å². The lowest BCUT2D eigenvalue weighted by atomic mass is 10.1. The van der Waals surface area contributed by atoms with Crippen LogP contribution in [-0.4, -0.2) is 10.8 Å². The van der Waals surface area contributed by atoms with Crippen LogP contribution in [0.2, 0.25) is 0 Å². The first-order chi connectivity index (χ1) is 16.1. The summed E-state index contributed by atoms with van der Waals surface area (Å²) < 4.78 is 109. The van der Waals surface area contributed by atoms with Gasteiger partial charge in [-0.2, -0.15) is 18.3 Å². The number of hydrogen-bond donors (Lipinski definition) is 1. The van der Waals surface area contributed by atoms with Gasteiger partial charge in [-0.15, -0.1) is 0 Å². The van der Waals surface area contributed by atoms with Gasteiger partial charge in [0.1, 0.15) is 17.1 Å². The van der Waals surface area contributed by atoms with Crippen LogP contribution in [0.1, 0.15) is 16.7 Å². The second-order valence-corrected chi connectivity index (χ2v) is 7.23. The summed E-state index contributed by atoms with van der Waals surface area (Å²) in [5.74, 6) is -10.1. The Morgan fingerprint density at radius 3 is 2.06 bits per heavy atom. The number of nitrogens with zero attached hydrogens (tertiary/aromatic N) is 2. The number of alkyl halides is 3. The van der Waals surface area contributed by atoms with Crippen LogP contribution in [0.3, 0.4) is 0 Å². The summed E-state index contributed by atoms with van der Waals surface area (Å²) in [7, 11) is 0. The predicted octanol–water partition coefficient (Wildman–Crippen LogP) is 6.85. The van der Waals surface area contributed by atoms with Gasteiger partial charge in [0, 0.05) is 29.2 Å². The number of halogens is 8. The van der Waals surface area contributed by atoms with Gasteiger partial charge in [0.25, 0.3) is 0 Å². The summed E-state index contributed by atoms with van der Waals surface area (Å²) >= 11 is 0. The van der Waals surface area contributed by atoms with Crippen molar-refractivity contribution in [2.75, 3.05) is 5.43 Å². The molecular weight excluding hydrogens is 470 g/mol. The van der Waals surface area contributed by atoms with E-state index in [4.69, 9.17) is 0 Å². The van der Waals surface area contributed by atoms with Gasteiger partial charge in [0.15, 0.2) is 23.3 Å². The summed E-state index contributed by atoms with van der Waals surface area (Å²) in [6, 6.07) is 12.8. The van der Waals surface area contributed by atoms with Crippen molar-refractivity contribution >= 4 is 22.8 Å². The fourth-order valence-corrected chi connectivity index (χ4v) is 3.44. The van der Waals surface area contributed by atoms with Gasteiger partial charge in [-0.05, 0) is 23.8 Å². The molecule has 1 heterocycles. The number of aromatic nitrogens is 1.